The van der Waals surface area contributed by atoms with Gasteiger partial charge in [0.15, 0.2) is 0 Å². The van der Waals surface area contributed by atoms with Crippen LogP contribution < -0.4 is 0 Å². The molecule has 1 aliphatic heterocycles. The van der Waals surface area contributed by atoms with Crippen LogP contribution in [0.15, 0.2) is 23.1 Å². The lowest BCUT2D eigenvalue weighted by Crippen LogP contribution is -2.40. The van der Waals surface area contributed by atoms with E-state index in [1.807, 2.05) is 6.07 Å². The summed E-state index contributed by atoms with van der Waals surface area (Å²) < 4.78 is 26.4. The van der Waals surface area contributed by atoms with Gasteiger partial charge in [0, 0.05) is 19.7 Å². The molecule has 5 nitrogen and oxygen atoms in total. The number of aliphatic hydroxyl groups excluding tert-OH is 1. The van der Waals surface area contributed by atoms with Crippen LogP contribution in [0.1, 0.15) is 18.4 Å². The van der Waals surface area contributed by atoms with Crippen LogP contribution in [-0.4, -0.2) is 37.5 Å². The Bertz CT molecular complexity index is 640. The average Bonchev–Trinajstić information content (AvgIpc) is 2.47. The second kappa shape index (κ2) is 6.10. The van der Waals surface area contributed by atoms with Crippen LogP contribution in [0.3, 0.4) is 0 Å². The molecule has 2 rings (SSSR count). The zero-order valence-electron chi connectivity index (χ0n) is 10.8. The molecule has 0 aliphatic carbocycles. The summed E-state index contributed by atoms with van der Waals surface area (Å²) >= 11 is 5.88. The molecule has 1 aromatic carbocycles. The van der Waals surface area contributed by atoms with Crippen LogP contribution >= 0.6 is 11.6 Å². The normalized spacial score (nSPS) is 20.6. The largest absolute Gasteiger partial charge is 0.396 e. The predicted octanol–water partition coefficient (Wildman–Crippen LogP) is 1.60. The summed E-state index contributed by atoms with van der Waals surface area (Å²) in [5.74, 6) is -0.0209. The third kappa shape index (κ3) is 2.96. The second-order valence-corrected chi connectivity index (χ2v) is 7.15. The highest BCUT2D eigenvalue weighted by molar-refractivity contribution is 7.89. The standard InChI is InChI=1S/C13H15ClN2O3S/c14-13-6-12(4-3-11(13)7-15)20(18,19)16-5-1-2-10(8-16)9-17/h3-4,6,10,17H,1-2,5,8-9H2. The maximum absolute atomic E-state index is 12.5. The number of halogens is 1. The number of piperidine rings is 1. The Morgan fingerprint density at radius 2 is 2.25 bits per heavy atom. The van der Waals surface area contributed by atoms with Crippen LogP contribution in [0.2, 0.25) is 5.02 Å². The summed E-state index contributed by atoms with van der Waals surface area (Å²) in [7, 11) is -3.62. The number of rotatable bonds is 3. The highest BCUT2D eigenvalue weighted by Crippen LogP contribution is 2.26. The molecule has 1 atom stereocenters. The van der Waals surface area contributed by atoms with Crippen LogP contribution in [0.25, 0.3) is 0 Å². The monoisotopic (exact) mass is 314 g/mol. The molecule has 1 heterocycles. The van der Waals surface area contributed by atoms with E-state index in [1.165, 1.54) is 22.5 Å². The van der Waals surface area contributed by atoms with E-state index in [2.05, 4.69) is 0 Å². The molecule has 20 heavy (non-hydrogen) atoms. The molecule has 0 spiro atoms. The first kappa shape index (κ1) is 15.3. The van der Waals surface area contributed by atoms with Crippen LogP contribution in [0.4, 0.5) is 0 Å². The lowest BCUT2D eigenvalue weighted by molar-refractivity contribution is 0.165. The van der Waals surface area contributed by atoms with Gasteiger partial charge in [-0.05, 0) is 37.0 Å². The predicted molar refractivity (Wildman–Crippen MR) is 74.7 cm³/mol. The zero-order chi connectivity index (χ0) is 14.8. The fourth-order valence-electron chi connectivity index (χ4n) is 2.29. The molecule has 1 unspecified atom stereocenters. The number of nitriles is 1. The lowest BCUT2D eigenvalue weighted by Gasteiger charge is -2.31. The molecule has 1 aliphatic rings. The first-order valence-corrected chi connectivity index (χ1v) is 8.11. The van der Waals surface area contributed by atoms with Crippen molar-refractivity contribution in [1.82, 2.24) is 4.31 Å². The Balaban J connectivity index is 2.31. The minimum Gasteiger partial charge on any atom is -0.396 e. The van der Waals surface area contributed by atoms with Crippen LogP contribution in [0.5, 0.6) is 0 Å². The van der Waals surface area contributed by atoms with Crippen molar-refractivity contribution in [2.75, 3.05) is 19.7 Å². The van der Waals surface area contributed by atoms with Gasteiger partial charge in [-0.15, -0.1) is 0 Å². The first-order valence-electron chi connectivity index (χ1n) is 6.29. The van der Waals surface area contributed by atoms with Gasteiger partial charge in [-0.25, -0.2) is 8.42 Å². The van der Waals surface area contributed by atoms with E-state index in [-0.39, 0.29) is 28.0 Å². The van der Waals surface area contributed by atoms with E-state index in [4.69, 9.17) is 16.9 Å². The maximum Gasteiger partial charge on any atom is 0.243 e. The summed E-state index contributed by atoms with van der Waals surface area (Å²) in [6.45, 7) is 0.743. The minimum absolute atomic E-state index is 0.0137. The van der Waals surface area contributed by atoms with Gasteiger partial charge < -0.3 is 5.11 Å². The van der Waals surface area contributed by atoms with Crippen molar-refractivity contribution in [3.8, 4) is 6.07 Å². The summed E-state index contributed by atoms with van der Waals surface area (Å²) in [5, 5.41) is 18.1. The van der Waals surface area contributed by atoms with Crippen molar-refractivity contribution >= 4 is 21.6 Å². The number of hydrogen-bond acceptors (Lipinski definition) is 4. The van der Waals surface area contributed by atoms with Gasteiger partial charge >= 0.3 is 0 Å². The minimum atomic E-state index is -3.62. The van der Waals surface area contributed by atoms with Crippen LogP contribution in [-0.2, 0) is 10.0 Å². The van der Waals surface area contributed by atoms with Gasteiger partial charge in [0.2, 0.25) is 10.0 Å². The van der Waals surface area contributed by atoms with Gasteiger partial charge in [-0.1, -0.05) is 11.6 Å². The quantitative estimate of drug-likeness (QED) is 0.919. The van der Waals surface area contributed by atoms with Gasteiger partial charge in [0.1, 0.15) is 6.07 Å². The molecule has 0 bridgehead atoms. The fourth-order valence-corrected chi connectivity index (χ4v) is 4.16. The second-order valence-electron chi connectivity index (χ2n) is 4.81. The molecule has 0 saturated carbocycles. The molecule has 1 fully saturated rings. The molecule has 108 valence electrons. The molecular formula is C13H15ClN2O3S. The first-order chi connectivity index (χ1) is 9.48. The molecule has 1 N–H and O–H groups in total. The number of nitrogens with zero attached hydrogens (tertiary/aromatic N) is 2. The molecular weight excluding hydrogens is 300 g/mol. The number of aliphatic hydroxyl groups is 1. The molecule has 0 amide bonds. The van der Waals surface area contributed by atoms with Crippen molar-refractivity contribution in [3.05, 3.63) is 28.8 Å². The third-order valence-corrected chi connectivity index (χ3v) is 5.61. The van der Waals surface area contributed by atoms with E-state index in [9.17, 15) is 13.5 Å². The number of benzene rings is 1. The van der Waals surface area contributed by atoms with Crippen molar-refractivity contribution in [3.63, 3.8) is 0 Å². The highest BCUT2D eigenvalue weighted by Gasteiger charge is 2.30. The Morgan fingerprint density at radius 1 is 1.50 bits per heavy atom. The Morgan fingerprint density at radius 3 is 2.85 bits per heavy atom. The molecule has 0 radical (unpaired) electrons. The Hall–Kier alpha value is -1.13. The van der Waals surface area contributed by atoms with Crippen molar-refractivity contribution in [2.24, 2.45) is 5.92 Å². The van der Waals surface area contributed by atoms with Crippen molar-refractivity contribution < 1.29 is 13.5 Å². The zero-order valence-corrected chi connectivity index (χ0v) is 12.4. The molecule has 7 heteroatoms. The van der Waals surface area contributed by atoms with E-state index in [0.717, 1.165) is 12.8 Å². The number of hydrogen-bond donors (Lipinski definition) is 1. The smallest absolute Gasteiger partial charge is 0.243 e. The van der Waals surface area contributed by atoms with E-state index in [1.54, 1.807) is 0 Å². The van der Waals surface area contributed by atoms with Crippen LogP contribution in [0, 0.1) is 17.2 Å². The highest BCUT2D eigenvalue weighted by atomic mass is 35.5. The van der Waals surface area contributed by atoms with E-state index in [0.29, 0.717) is 13.1 Å². The topological polar surface area (TPSA) is 81.4 Å². The van der Waals surface area contributed by atoms with E-state index < -0.39 is 10.0 Å². The fraction of sp³-hybridized carbons (Fsp3) is 0.462. The summed E-state index contributed by atoms with van der Waals surface area (Å²) in [6.07, 6.45) is 1.56. The third-order valence-electron chi connectivity index (χ3n) is 3.44. The number of sulfonamides is 1. The Labute approximate surface area is 123 Å². The van der Waals surface area contributed by atoms with Gasteiger partial charge in [0.25, 0.3) is 0 Å². The van der Waals surface area contributed by atoms with E-state index >= 15 is 0 Å². The van der Waals surface area contributed by atoms with Gasteiger partial charge in [-0.3, -0.25) is 0 Å². The molecule has 1 aromatic rings. The SMILES string of the molecule is N#Cc1ccc(S(=O)(=O)N2CCCC(CO)C2)cc1Cl. The molecule has 0 aromatic heterocycles. The summed E-state index contributed by atoms with van der Waals surface area (Å²) in [5.41, 5.74) is 0.248. The van der Waals surface area contributed by atoms with Crippen molar-refractivity contribution in [2.45, 2.75) is 17.7 Å². The van der Waals surface area contributed by atoms with Gasteiger partial charge in [-0.2, -0.15) is 9.57 Å². The summed E-state index contributed by atoms with van der Waals surface area (Å²) in [4.78, 5) is 0.0834. The Kier molecular flexibility index (Phi) is 4.66. The lowest BCUT2D eigenvalue weighted by atomic mass is 10.0. The summed E-state index contributed by atoms with van der Waals surface area (Å²) in [6, 6.07) is 6.00. The van der Waals surface area contributed by atoms with Crippen molar-refractivity contribution in [1.29, 1.82) is 5.26 Å². The maximum atomic E-state index is 12.5. The average molecular weight is 315 g/mol. The van der Waals surface area contributed by atoms with Gasteiger partial charge in [0.05, 0.1) is 15.5 Å². The molecule has 1 saturated heterocycles.